The summed E-state index contributed by atoms with van der Waals surface area (Å²) in [6.07, 6.45) is 0.868. The van der Waals surface area contributed by atoms with Crippen LogP contribution in [0.4, 0.5) is 4.39 Å². The van der Waals surface area contributed by atoms with Crippen LogP contribution in [0.15, 0.2) is 54.6 Å². The molecule has 0 amide bonds. The summed E-state index contributed by atoms with van der Waals surface area (Å²) in [6.45, 7) is 0. The number of hydrogen-bond acceptors (Lipinski definition) is 1. The van der Waals surface area contributed by atoms with E-state index in [9.17, 15) is 4.39 Å². The van der Waals surface area contributed by atoms with Gasteiger partial charge in [0.1, 0.15) is 5.82 Å². The quantitative estimate of drug-likeness (QED) is 0.537. The molecule has 0 aliphatic rings. The van der Waals surface area contributed by atoms with Crippen molar-refractivity contribution in [3.8, 4) is 0 Å². The minimum atomic E-state index is -0.184. The molecule has 3 aromatic rings. The van der Waals surface area contributed by atoms with Gasteiger partial charge in [-0.1, -0.05) is 46.3 Å². The molecule has 1 unspecified atom stereocenters. The van der Waals surface area contributed by atoms with Crippen LogP contribution in [-0.4, -0.2) is 0 Å². The molecule has 0 saturated heterocycles. The van der Waals surface area contributed by atoms with E-state index in [1.54, 1.807) is 11.3 Å². The molecule has 1 heterocycles. The monoisotopic (exact) mass is 334 g/mol. The van der Waals surface area contributed by atoms with Crippen LogP contribution in [0.25, 0.3) is 10.1 Å². The zero-order chi connectivity index (χ0) is 13.2. The molecule has 0 aliphatic heterocycles. The van der Waals surface area contributed by atoms with Crippen molar-refractivity contribution in [2.45, 2.75) is 11.2 Å². The molecule has 0 spiro atoms. The Balaban J connectivity index is 1.83. The van der Waals surface area contributed by atoms with E-state index in [-0.39, 0.29) is 10.6 Å². The highest BCUT2D eigenvalue weighted by molar-refractivity contribution is 9.09. The summed E-state index contributed by atoms with van der Waals surface area (Å²) in [6, 6.07) is 17.3. The average Bonchev–Trinajstić information content (AvgIpc) is 2.85. The van der Waals surface area contributed by atoms with E-state index in [4.69, 9.17) is 0 Å². The fourth-order valence-electron chi connectivity index (χ4n) is 2.08. The Morgan fingerprint density at radius 3 is 2.53 bits per heavy atom. The number of fused-ring (bicyclic) bond motifs is 1. The lowest BCUT2D eigenvalue weighted by molar-refractivity contribution is 0.627. The first-order chi connectivity index (χ1) is 9.22. The zero-order valence-electron chi connectivity index (χ0n) is 10.1. The highest BCUT2D eigenvalue weighted by atomic mass is 79.9. The fourth-order valence-corrected chi connectivity index (χ4v) is 3.91. The number of benzene rings is 2. The number of thiophene rings is 1. The van der Waals surface area contributed by atoms with Crippen molar-refractivity contribution in [1.82, 2.24) is 0 Å². The SMILES string of the molecule is Fc1ccc(CC(Br)c2cc3ccccc3s2)cc1. The molecule has 0 bridgehead atoms. The van der Waals surface area contributed by atoms with Gasteiger partial charge in [-0.15, -0.1) is 11.3 Å². The molecule has 0 nitrogen and oxygen atoms in total. The molecule has 3 rings (SSSR count). The van der Waals surface area contributed by atoms with Gasteiger partial charge in [-0.2, -0.15) is 0 Å². The number of hydrogen-bond donors (Lipinski definition) is 0. The van der Waals surface area contributed by atoms with Crippen LogP contribution in [0.1, 0.15) is 15.3 Å². The Kier molecular flexibility index (Phi) is 3.67. The van der Waals surface area contributed by atoms with E-state index in [2.05, 4.69) is 46.3 Å². The van der Waals surface area contributed by atoms with Gasteiger partial charge in [0.15, 0.2) is 0 Å². The maximum Gasteiger partial charge on any atom is 0.123 e. The molecule has 96 valence electrons. The second-order valence-corrected chi connectivity index (χ2v) is 6.71. The molecule has 0 aliphatic carbocycles. The van der Waals surface area contributed by atoms with Crippen molar-refractivity contribution in [1.29, 1.82) is 0 Å². The summed E-state index contributed by atoms with van der Waals surface area (Å²) in [5, 5.41) is 1.28. The molecule has 19 heavy (non-hydrogen) atoms. The van der Waals surface area contributed by atoms with Crippen molar-refractivity contribution in [2.24, 2.45) is 0 Å². The Morgan fingerprint density at radius 1 is 1.05 bits per heavy atom. The van der Waals surface area contributed by atoms with Gasteiger partial charge in [0.25, 0.3) is 0 Å². The van der Waals surface area contributed by atoms with Crippen LogP contribution in [0.3, 0.4) is 0 Å². The molecule has 0 N–H and O–H groups in total. The maximum atomic E-state index is 12.9. The number of rotatable bonds is 3. The summed E-state index contributed by atoms with van der Waals surface area (Å²) >= 11 is 5.54. The van der Waals surface area contributed by atoms with Crippen molar-refractivity contribution in [2.75, 3.05) is 0 Å². The summed E-state index contributed by atoms with van der Waals surface area (Å²) < 4.78 is 14.2. The predicted octanol–water partition coefficient (Wildman–Crippen LogP) is 5.72. The molecule has 1 atom stereocenters. The van der Waals surface area contributed by atoms with Gasteiger partial charge >= 0.3 is 0 Å². The van der Waals surface area contributed by atoms with Crippen molar-refractivity contribution in [3.63, 3.8) is 0 Å². The van der Waals surface area contributed by atoms with Gasteiger partial charge < -0.3 is 0 Å². The topological polar surface area (TPSA) is 0 Å². The lowest BCUT2D eigenvalue weighted by Gasteiger charge is -2.07. The number of halogens is 2. The van der Waals surface area contributed by atoms with Gasteiger partial charge in [-0.25, -0.2) is 4.39 Å². The van der Waals surface area contributed by atoms with Crippen LogP contribution < -0.4 is 0 Å². The van der Waals surface area contributed by atoms with E-state index in [1.165, 1.54) is 27.1 Å². The third-order valence-corrected chi connectivity index (χ3v) is 5.43. The number of alkyl halides is 1. The van der Waals surface area contributed by atoms with Crippen molar-refractivity contribution < 1.29 is 4.39 Å². The summed E-state index contributed by atoms with van der Waals surface area (Å²) in [5.41, 5.74) is 1.14. The van der Waals surface area contributed by atoms with Crippen LogP contribution >= 0.6 is 27.3 Å². The van der Waals surface area contributed by atoms with Crippen LogP contribution in [0.2, 0.25) is 0 Å². The fraction of sp³-hybridized carbons (Fsp3) is 0.125. The Morgan fingerprint density at radius 2 is 1.79 bits per heavy atom. The van der Waals surface area contributed by atoms with Gasteiger partial charge in [0, 0.05) is 9.58 Å². The molecule has 0 saturated carbocycles. The zero-order valence-corrected chi connectivity index (χ0v) is 12.5. The summed E-state index contributed by atoms with van der Waals surface area (Å²) in [5.74, 6) is -0.184. The van der Waals surface area contributed by atoms with Crippen molar-refractivity contribution >= 4 is 37.4 Å². The molecule has 0 fully saturated rings. The van der Waals surface area contributed by atoms with E-state index < -0.39 is 0 Å². The second kappa shape index (κ2) is 5.43. The Bertz CT molecular complexity index is 654. The van der Waals surface area contributed by atoms with Crippen LogP contribution in [0, 0.1) is 5.82 Å². The first kappa shape index (κ1) is 12.8. The summed E-state index contributed by atoms with van der Waals surface area (Å²) in [4.78, 5) is 1.58. The van der Waals surface area contributed by atoms with E-state index in [0.717, 1.165) is 12.0 Å². The van der Waals surface area contributed by atoms with Crippen LogP contribution in [-0.2, 0) is 6.42 Å². The van der Waals surface area contributed by atoms with Gasteiger partial charge in [-0.05, 0) is 41.6 Å². The smallest absolute Gasteiger partial charge is 0.123 e. The van der Waals surface area contributed by atoms with Gasteiger partial charge in [-0.3, -0.25) is 0 Å². The third-order valence-electron chi connectivity index (χ3n) is 3.08. The van der Waals surface area contributed by atoms with E-state index in [1.807, 2.05) is 12.1 Å². The molecule has 3 heteroatoms. The van der Waals surface area contributed by atoms with Gasteiger partial charge in [0.05, 0.1) is 4.83 Å². The highest BCUT2D eigenvalue weighted by Gasteiger charge is 2.12. The van der Waals surface area contributed by atoms with E-state index in [0.29, 0.717) is 0 Å². The molecular formula is C16H12BrFS. The van der Waals surface area contributed by atoms with E-state index >= 15 is 0 Å². The molecular weight excluding hydrogens is 323 g/mol. The Hall–Kier alpha value is -1.19. The molecule has 1 aromatic heterocycles. The minimum absolute atomic E-state index is 0.184. The first-order valence-corrected chi connectivity index (χ1v) is 7.82. The average molecular weight is 335 g/mol. The third kappa shape index (κ3) is 2.88. The summed E-state index contributed by atoms with van der Waals surface area (Å²) in [7, 11) is 0. The molecule has 0 radical (unpaired) electrons. The standard InChI is InChI=1S/C16H12BrFS/c17-14(9-11-5-7-13(18)8-6-11)16-10-12-3-1-2-4-15(12)19-16/h1-8,10,14H,9H2. The highest BCUT2D eigenvalue weighted by Crippen LogP contribution is 2.35. The first-order valence-electron chi connectivity index (χ1n) is 6.09. The molecule has 2 aromatic carbocycles. The minimum Gasteiger partial charge on any atom is -0.207 e. The largest absolute Gasteiger partial charge is 0.207 e. The van der Waals surface area contributed by atoms with Gasteiger partial charge in [0.2, 0.25) is 0 Å². The van der Waals surface area contributed by atoms with Crippen molar-refractivity contribution in [3.05, 3.63) is 70.9 Å². The maximum absolute atomic E-state index is 12.9. The normalized spacial score (nSPS) is 12.7. The second-order valence-electron chi connectivity index (χ2n) is 4.48. The lowest BCUT2D eigenvalue weighted by Crippen LogP contribution is -1.92. The Labute approximate surface area is 124 Å². The van der Waals surface area contributed by atoms with Crippen LogP contribution in [0.5, 0.6) is 0 Å². The predicted molar refractivity (Wildman–Crippen MR) is 83.6 cm³/mol. The lowest BCUT2D eigenvalue weighted by atomic mass is 10.1.